The van der Waals surface area contributed by atoms with E-state index >= 15 is 0 Å². The quantitative estimate of drug-likeness (QED) is 0.644. The van der Waals surface area contributed by atoms with Gasteiger partial charge in [0.05, 0.1) is 0 Å². The van der Waals surface area contributed by atoms with Crippen LogP contribution in [0.3, 0.4) is 0 Å². The van der Waals surface area contributed by atoms with Crippen molar-refractivity contribution >= 4 is 0 Å². The van der Waals surface area contributed by atoms with Gasteiger partial charge in [-0.1, -0.05) is 24.3 Å². The lowest BCUT2D eigenvalue weighted by atomic mass is 9.73. The Bertz CT molecular complexity index is 603. The topological polar surface area (TPSA) is 0 Å². The van der Waals surface area contributed by atoms with Crippen LogP contribution in [0.25, 0.3) is 0 Å². The van der Waals surface area contributed by atoms with Crippen LogP contribution >= 0.6 is 0 Å². The maximum atomic E-state index is 13.5. The van der Waals surface area contributed by atoms with Gasteiger partial charge in [-0.2, -0.15) is 26.3 Å². The van der Waals surface area contributed by atoms with Gasteiger partial charge in [0.2, 0.25) is 5.41 Å². The fourth-order valence-corrected chi connectivity index (χ4v) is 2.38. The highest BCUT2D eigenvalue weighted by molar-refractivity contribution is 5.44. The first-order valence-electron chi connectivity index (χ1n) is 6.15. The lowest BCUT2D eigenvalue weighted by Gasteiger charge is -2.38. The van der Waals surface area contributed by atoms with Crippen molar-refractivity contribution in [1.82, 2.24) is 0 Å². The Morgan fingerprint density at radius 1 is 0.478 bits per heavy atom. The minimum Gasteiger partial charge on any atom is -0.207 e. The molecular formula is C15H8F8. The molecule has 0 spiro atoms. The van der Waals surface area contributed by atoms with Gasteiger partial charge in [0.15, 0.2) is 0 Å². The second-order valence-electron chi connectivity index (χ2n) is 4.76. The van der Waals surface area contributed by atoms with Gasteiger partial charge in [0.1, 0.15) is 11.6 Å². The average Bonchev–Trinajstić information content (AvgIpc) is 2.40. The molecule has 0 bridgehead atoms. The predicted octanol–water partition coefficient (Wildman–Crippen LogP) is 5.38. The molecule has 124 valence electrons. The lowest BCUT2D eigenvalue weighted by molar-refractivity contribution is -0.288. The van der Waals surface area contributed by atoms with E-state index in [-0.39, 0.29) is 0 Å². The molecule has 0 aliphatic carbocycles. The Kier molecular flexibility index (Phi) is 4.13. The molecule has 0 aliphatic heterocycles. The first kappa shape index (κ1) is 17.2. The van der Waals surface area contributed by atoms with Crippen LogP contribution in [0.15, 0.2) is 48.5 Å². The number of benzene rings is 2. The van der Waals surface area contributed by atoms with Crippen molar-refractivity contribution in [3.8, 4) is 0 Å². The zero-order valence-corrected chi connectivity index (χ0v) is 11.1. The third-order valence-electron chi connectivity index (χ3n) is 3.40. The van der Waals surface area contributed by atoms with Gasteiger partial charge in [-0.3, -0.25) is 0 Å². The minimum absolute atomic E-state index is 0.416. The second-order valence-corrected chi connectivity index (χ2v) is 4.76. The van der Waals surface area contributed by atoms with Gasteiger partial charge in [0, 0.05) is 0 Å². The van der Waals surface area contributed by atoms with Crippen molar-refractivity contribution in [3.05, 3.63) is 71.3 Å². The van der Waals surface area contributed by atoms with E-state index in [1.807, 2.05) is 0 Å². The Balaban J connectivity index is 2.86. The van der Waals surface area contributed by atoms with Gasteiger partial charge in [-0.15, -0.1) is 0 Å². The van der Waals surface area contributed by atoms with Crippen LogP contribution in [-0.2, 0) is 5.41 Å². The van der Waals surface area contributed by atoms with Crippen LogP contribution in [0.5, 0.6) is 0 Å². The van der Waals surface area contributed by atoms with E-state index in [4.69, 9.17) is 0 Å². The van der Waals surface area contributed by atoms with E-state index in [1.165, 1.54) is 0 Å². The highest BCUT2D eigenvalue weighted by Crippen LogP contribution is 2.56. The van der Waals surface area contributed by atoms with Crippen LogP contribution in [0.4, 0.5) is 35.1 Å². The zero-order chi connectivity index (χ0) is 17.5. The number of alkyl halides is 6. The Morgan fingerprint density at radius 2 is 0.739 bits per heavy atom. The lowest BCUT2D eigenvalue weighted by Crippen LogP contribution is -2.54. The molecule has 23 heavy (non-hydrogen) atoms. The molecule has 0 aliphatic rings. The summed E-state index contributed by atoms with van der Waals surface area (Å²) in [5, 5.41) is 0. The smallest absolute Gasteiger partial charge is 0.207 e. The summed E-state index contributed by atoms with van der Waals surface area (Å²) in [6.45, 7) is 0. The zero-order valence-electron chi connectivity index (χ0n) is 11.1. The van der Waals surface area contributed by atoms with Crippen molar-refractivity contribution in [3.63, 3.8) is 0 Å². The molecule has 0 nitrogen and oxygen atoms in total. The van der Waals surface area contributed by atoms with Crippen molar-refractivity contribution in [1.29, 1.82) is 0 Å². The highest BCUT2D eigenvalue weighted by Gasteiger charge is 2.72. The Labute approximate surface area is 125 Å². The van der Waals surface area contributed by atoms with Crippen LogP contribution in [0, 0.1) is 11.6 Å². The van der Waals surface area contributed by atoms with E-state index in [0.29, 0.717) is 48.5 Å². The first-order valence-corrected chi connectivity index (χ1v) is 6.15. The summed E-state index contributed by atoms with van der Waals surface area (Å²) in [7, 11) is 0. The van der Waals surface area contributed by atoms with Gasteiger partial charge < -0.3 is 0 Å². The van der Waals surface area contributed by atoms with Gasteiger partial charge in [-0.05, 0) is 35.4 Å². The number of rotatable bonds is 2. The van der Waals surface area contributed by atoms with Crippen LogP contribution in [0.2, 0.25) is 0 Å². The largest absolute Gasteiger partial charge is 0.411 e. The summed E-state index contributed by atoms with van der Waals surface area (Å²) in [6.07, 6.45) is -11.6. The van der Waals surface area contributed by atoms with Crippen molar-refractivity contribution in [2.24, 2.45) is 0 Å². The molecule has 0 amide bonds. The van der Waals surface area contributed by atoms with Crippen LogP contribution in [-0.4, -0.2) is 12.4 Å². The molecule has 0 N–H and O–H groups in total. The summed E-state index contributed by atoms with van der Waals surface area (Å²) in [5.41, 5.74) is -6.79. The Morgan fingerprint density at radius 3 is 0.957 bits per heavy atom. The monoisotopic (exact) mass is 340 g/mol. The van der Waals surface area contributed by atoms with E-state index in [0.717, 1.165) is 0 Å². The van der Waals surface area contributed by atoms with Gasteiger partial charge in [0.25, 0.3) is 0 Å². The molecular weight excluding hydrogens is 332 g/mol. The predicted molar refractivity (Wildman–Crippen MR) is 65.7 cm³/mol. The third-order valence-corrected chi connectivity index (χ3v) is 3.40. The van der Waals surface area contributed by atoms with E-state index in [2.05, 4.69) is 0 Å². The van der Waals surface area contributed by atoms with Crippen molar-refractivity contribution in [2.75, 3.05) is 0 Å². The van der Waals surface area contributed by atoms with Crippen LogP contribution < -0.4 is 0 Å². The molecule has 0 unspecified atom stereocenters. The standard InChI is InChI=1S/C15H8F8/c16-11-5-1-9(2-6-11)13(14(18,19)20,15(21,22)23)10-3-7-12(17)8-4-10/h1-8H. The molecule has 2 aromatic rings. The molecule has 0 fully saturated rings. The molecule has 2 rings (SSSR count). The molecule has 2 aromatic carbocycles. The molecule has 0 saturated heterocycles. The summed E-state index contributed by atoms with van der Waals surface area (Å²) in [5.74, 6) is -1.96. The van der Waals surface area contributed by atoms with E-state index in [9.17, 15) is 35.1 Å². The number of hydrogen-bond donors (Lipinski definition) is 0. The second kappa shape index (κ2) is 5.50. The van der Waals surface area contributed by atoms with Gasteiger partial charge in [-0.25, -0.2) is 8.78 Å². The minimum atomic E-state index is -5.78. The summed E-state index contributed by atoms with van der Waals surface area (Å²) in [6, 6.07) is 3.69. The molecule has 0 aromatic heterocycles. The Hall–Kier alpha value is -2.12. The number of hydrogen-bond acceptors (Lipinski definition) is 0. The van der Waals surface area contributed by atoms with Gasteiger partial charge >= 0.3 is 12.4 Å². The molecule has 0 radical (unpaired) electrons. The fourth-order valence-electron chi connectivity index (χ4n) is 2.38. The summed E-state index contributed by atoms with van der Waals surface area (Å²) >= 11 is 0. The normalized spacial score (nSPS) is 13.2. The van der Waals surface area contributed by atoms with E-state index < -0.39 is 40.5 Å². The molecule has 0 atom stereocenters. The SMILES string of the molecule is Fc1ccc(C(c2ccc(F)cc2)(C(F)(F)F)C(F)(F)F)cc1. The fraction of sp³-hybridized carbons (Fsp3) is 0.200. The van der Waals surface area contributed by atoms with Crippen LogP contribution in [0.1, 0.15) is 11.1 Å². The average molecular weight is 340 g/mol. The van der Waals surface area contributed by atoms with Crippen molar-refractivity contribution in [2.45, 2.75) is 17.8 Å². The number of halogens is 8. The maximum absolute atomic E-state index is 13.5. The summed E-state index contributed by atoms with van der Waals surface area (Å²) < 4.78 is 107. The molecule has 0 heterocycles. The summed E-state index contributed by atoms with van der Waals surface area (Å²) in [4.78, 5) is 0. The highest BCUT2D eigenvalue weighted by atomic mass is 19.4. The van der Waals surface area contributed by atoms with E-state index in [1.54, 1.807) is 0 Å². The third kappa shape index (κ3) is 2.77. The maximum Gasteiger partial charge on any atom is 0.411 e. The molecule has 8 heteroatoms. The molecule has 0 saturated carbocycles. The van der Waals surface area contributed by atoms with Crippen molar-refractivity contribution < 1.29 is 35.1 Å². The first-order chi connectivity index (χ1) is 10.5.